The zero-order chi connectivity index (χ0) is 20.1. The van der Waals surface area contributed by atoms with Crippen LogP contribution >= 0.6 is 6.89 Å². The van der Waals surface area contributed by atoms with Gasteiger partial charge >= 0.3 is 0 Å². The highest BCUT2D eigenvalue weighted by atomic mass is 31.2. The number of benzene rings is 3. The van der Waals surface area contributed by atoms with Gasteiger partial charge < -0.3 is 4.74 Å². The standard InChI is InChI=1S/C27H25OP/c1-22-14-12-13-19-25(22)28-26-20-10-5-11-21-27(26)29(2,23-15-6-3-7-16-23)24-17-8-4-9-18-24/h3-10,12-21H,2,11H2,1H3. The van der Waals surface area contributed by atoms with Gasteiger partial charge in [-0.25, -0.2) is 0 Å². The van der Waals surface area contributed by atoms with E-state index in [1.54, 1.807) is 0 Å². The van der Waals surface area contributed by atoms with Gasteiger partial charge in [0.2, 0.25) is 0 Å². The lowest BCUT2D eigenvalue weighted by molar-refractivity contribution is 0.438. The molecule has 0 bridgehead atoms. The fourth-order valence-corrected chi connectivity index (χ4v) is 6.74. The Kier molecular flexibility index (Phi) is 5.69. The summed E-state index contributed by atoms with van der Waals surface area (Å²) < 4.78 is 6.50. The molecule has 0 atom stereocenters. The topological polar surface area (TPSA) is 9.23 Å². The van der Waals surface area contributed by atoms with Gasteiger partial charge in [-0.2, -0.15) is 0 Å². The number of hydrogen-bond donors (Lipinski definition) is 0. The largest absolute Gasteiger partial charge is 0.456 e. The molecule has 0 radical (unpaired) electrons. The van der Waals surface area contributed by atoms with E-state index in [-0.39, 0.29) is 0 Å². The molecular weight excluding hydrogens is 371 g/mol. The molecule has 0 amide bonds. The van der Waals surface area contributed by atoms with Crippen LogP contribution < -0.4 is 15.3 Å². The predicted molar refractivity (Wildman–Crippen MR) is 128 cm³/mol. The van der Waals surface area contributed by atoms with Gasteiger partial charge in [0.25, 0.3) is 0 Å². The molecule has 1 aliphatic carbocycles. The van der Waals surface area contributed by atoms with Crippen LogP contribution in [0.2, 0.25) is 0 Å². The van der Waals surface area contributed by atoms with E-state index in [9.17, 15) is 0 Å². The minimum atomic E-state index is -2.11. The number of allylic oxidation sites excluding steroid dienone is 5. The SMILES string of the molecule is C=P(C1=CCC=CC=C1Oc1ccccc1C)(c1ccccc1)c1ccccc1. The van der Waals surface area contributed by atoms with E-state index < -0.39 is 6.89 Å². The van der Waals surface area contributed by atoms with Gasteiger partial charge in [-0.3, -0.25) is 0 Å². The third-order valence-electron chi connectivity index (χ3n) is 5.20. The summed E-state index contributed by atoms with van der Waals surface area (Å²) in [4.78, 5) is 0. The Morgan fingerprint density at radius 1 is 0.793 bits per heavy atom. The van der Waals surface area contributed by atoms with Crippen molar-refractivity contribution in [2.45, 2.75) is 13.3 Å². The molecule has 29 heavy (non-hydrogen) atoms. The number of aryl methyl sites for hydroxylation is 1. The van der Waals surface area contributed by atoms with Crippen molar-refractivity contribution in [1.82, 2.24) is 0 Å². The average molecular weight is 396 g/mol. The van der Waals surface area contributed by atoms with Crippen molar-refractivity contribution in [3.8, 4) is 5.75 Å². The van der Waals surface area contributed by atoms with Crippen LogP contribution in [0.15, 0.2) is 120 Å². The fourth-order valence-electron chi connectivity index (χ4n) is 3.61. The molecule has 1 aliphatic rings. The molecule has 0 aliphatic heterocycles. The van der Waals surface area contributed by atoms with E-state index in [4.69, 9.17) is 11.0 Å². The maximum absolute atomic E-state index is 6.50. The van der Waals surface area contributed by atoms with E-state index >= 15 is 0 Å². The van der Waals surface area contributed by atoms with Crippen LogP contribution in [0, 0.1) is 6.92 Å². The molecule has 0 spiro atoms. The highest BCUT2D eigenvalue weighted by molar-refractivity contribution is 7.90. The van der Waals surface area contributed by atoms with E-state index in [0.29, 0.717) is 0 Å². The lowest BCUT2D eigenvalue weighted by Crippen LogP contribution is -2.20. The summed E-state index contributed by atoms with van der Waals surface area (Å²) >= 11 is 0. The Bertz CT molecular complexity index is 1080. The number of para-hydroxylation sites is 1. The van der Waals surface area contributed by atoms with E-state index in [2.05, 4.69) is 98.0 Å². The van der Waals surface area contributed by atoms with Crippen molar-refractivity contribution in [2.24, 2.45) is 0 Å². The van der Waals surface area contributed by atoms with E-state index in [1.165, 1.54) is 15.9 Å². The van der Waals surface area contributed by atoms with Gasteiger partial charge in [0.15, 0.2) is 0 Å². The second kappa shape index (κ2) is 8.55. The molecule has 3 aromatic carbocycles. The fraction of sp³-hybridized carbons (Fsp3) is 0.0741. The Morgan fingerprint density at radius 3 is 2.00 bits per heavy atom. The smallest absolute Gasteiger partial charge is 0.135 e. The summed E-state index contributed by atoms with van der Waals surface area (Å²) in [5.74, 6) is 1.76. The molecule has 0 saturated heterocycles. The molecule has 3 aromatic rings. The quantitative estimate of drug-likeness (QED) is 0.467. The Balaban J connectivity index is 1.88. The lowest BCUT2D eigenvalue weighted by Gasteiger charge is -2.30. The number of hydrogen-bond acceptors (Lipinski definition) is 1. The second-order valence-electron chi connectivity index (χ2n) is 7.13. The minimum absolute atomic E-state index is 0.864. The first-order chi connectivity index (χ1) is 14.2. The molecule has 2 heteroatoms. The maximum Gasteiger partial charge on any atom is 0.135 e. The molecule has 0 aromatic heterocycles. The molecule has 0 fully saturated rings. The molecule has 0 heterocycles. The molecule has 0 saturated carbocycles. The van der Waals surface area contributed by atoms with Crippen LogP contribution in [0.3, 0.4) is 0 Å². The van der Waals surface area contributed by atoms with Crippen LogP contribution in [0.5, 0.6) is 5.75 Å². The average Bonchev–Trinajstić information content (AvgIpc) is 3.02. The van der Waals surface area contributed by atoms with Gasteiger partial charge in [-0.05, 0) is 48.5 Å². The van der Waals surface area contributed by atoms with Crippen molar-refractivity contribution >= 4 is 23.8 Å². The molecule has 144 valence electrons. The maximum atomic E-state index is 6.50. The normalized spacial score (nSPS) is 14.0. The van der Waals surface area contributed by atoms with Gasteiger partial charge in [-0.15, -0.1) is 0 Å². The Morgan fingerprint density at radius 2 is 1.38 bits per heavy atom. The van der Waals surface area contributed by atoms with Crippen LogP contribution in [-0.2, 0) is 0 Å². The predicted octanol–water partition coefficient (Wildman–Crippen LogP) is 6.20. The summed E-state index contributed by atoms with van der Waals surface area (Å²) in [7, 11) is 0. The molecule has 0 unspecified atom stereocenters. The molecule has 1 nitrogen and oxygen atoms in total. The second-order valence-corrected chi connectivity index (χ2v) is 10.3. The lowest BCUT2D eigenvalue weighted by atomic mass is 10.2. The zero-order valence-electron chi connectivity index (χ0n) is 16.7. The third kappa shape index (κ3) is 3.92. The van der Waals surface area contributed by atoms with Crippen LogP contribution in [0.1, 0.15) is 12.0 Å². The van der Waals surface area contributed by atoms with Crippen molar-refractivity contribution in [3.05, 3.63) is 126 Å². The van der Waals surface area contributed by atoms with Crippen LogP contribution in [0.4, 0.5) is 0 Å². The van der Waals surface area contributed by atoms with Crippen molar-refractivity contribution in [1.29, 1.82) is 0 Å². The van der Waals surface area contributed by atoms with Crippen molar-refractivity contribution < 1.29 is 4.74 Å². The van der Waals surface area contributed by atoms with Gasteiger partial charge in [0.1, 0.15) is 11.5 Å². The zero-order valence-corrected chi connectivity index (χ0v) is 17.6. The highest BCUT2D eigenvalue weighted by Gasteiger charge is 2.28. The first-order valence-electron chi connectivity index (χ1n) is 9.85. The molecule has 4 rings (SSSR count). The van der Waals surface area contributed by atoms with Crippen LogP contribution in [-0.4, -0.2) is 6.30 Å². The highest BCUT2D eigenvalue weighted by Crippen LogP contribution is 2.55. The summed E-state index contributed by atoms with van der Waals surface area (Å²) in [5, 5.41) is 3.68. The van der Waals surface area contributed by atoms with Gasteiger partial charge in [0, 0.05) is 5.31 Å². The van der Waals surface area contributed by atoms with E-state index in [1.807, 2.05) is 18.2 Å². The monoisotopic (exact) mass is 396 g/mol. The summed E-state index contributed by atoms with van der Waals surface area (Å²) in [6.07, 6.45) is 14.4. The van der Waals surface area contributed by atoms with E-state index in [0.717, 1.165) is 23.5 Å². The summed E-state index contributed by atoms with van der Waals surface area (Å²) in [5.41, 5.74) is 1.12. The minimum Gasteiger partial charge on any atom is -0.456 e. The first kappa shape index (κ1) is 19.3. The third-order valence-corrected chi connectivity index (χ3v) is 8.79. The van der Waals surface area contributed by atoms with Crippen molar-refractivity contribution in [2.75, 3.05) is 0 Å². The Labute approximate surface area is 173 Å². The molecule has 0 N–H and O–H groups in total. The molecular formula is C27H25OP. The van der Waals surface area contributed by atoms with Crippen LogP contribution in [0.25, 0.3) is 0 Å². The summed E-state index contributed by atoms with van der Waals surface area (Å²) in [6.45, 7) is -0.0315. The van der Waals surface area contributed by atoms with Gasteiger partial charge in [0.05, 0.1) is 0 Å². The number of ether oxygens (including phenoxy) is 1. The Hall–Kier alpha value is -3.02. The summed E-state index contributed by atoms with van der Waals surface area (Å²) in [6, 6.07) is 29.4. The van der Waals surface area contributed by atoms with Gasteiger partial charge in [-0.1, -0.05) is 103 Å². The van der Waals surface area contributed by atoms with Crippen molar-refractivity contribution in [3.63, 3.8) is 0 Å². The first-order valence-corrected chi connectivity index (χ1v) is 11.8. The number of rotatable bonds is 5.